The summed E-state index contributed by atoms with van der Waals surface area (Å²) < 4.78 is 68.5. The maximum atomic E-state index is 12.8. The van der Waals surface area contributed by atoms with Crippen LogP contribution in [0.25, 0.3) is 11.2 Å². The minimum atomic E-state index is -5.58. The third-order valence-electron chi connectivity index (χ3n) is 10.9. The molecule has 2 amide bonds. The second-order valence-electron chi connectivity index (χ2n) is 17.2. The predicted molar refractivity (Wildman–Crippen MR) is 250 cm³/mol. The lowest BCUT2D eigenvalue weighted by Crippen LogP contribution is -2.46. The molecule has 1 saturated heterocycles. The van der Waals surface area contributed by atoms with Crippen molar-refractivity contribution in [1.29, 1.82) is 0 Å². The number of nitrogens with zero attached hydrogens (tertiary/aromatic N) is 4. The first-order chi connectivity index (χ1) is 32.4. The fraction of sp³-hybridized carbons (Fsp3) is 0.700. The third-order valence-corrected chi connectivity index (χ3v) is 14.9. The smallest absolute Gasteiger partial charge is 0.466 e. The monoisotopic (exact) mass is 1060 g/mol. The van der Waals surface area contributed by atoms with Crippen LogP contribution in [0.1, 0.15) is 115 Å². The van der Waals surface area contributed by atoms with Crippen molar-refractivity contribution in [2.24, 2.45) is 5.41 Å². The molecule has 1 fully saturated rings. The summed E-state index contributed by atoms with van der Waals surface area (Å²) in [5, 5.41) is 26.7. The van der Waals surface area contributed by atoms with Crippen molar-refractivity contribution in [3.05, 3.63) is 35.8 Å². The summed E-state index contributed by atoms with van der Waals surface area (Å²) in [4.78, 5) is 88.5. The first-order valence-electron chi connectivity index (χ1n) is 22.5. The quantitative estimate of drug-likeness (QED) is 0.0311. The molecule has 7 unspecified atom stereocenters. The summed E-state index contributed by atoms with van der Waals surface area (Å²) in [7, 11) is -16.4. The molecule has 390 valence electrons. The molecule has 0 bridgehead atoms. The first kappa shape index (κ1) is 58.4. The summed E-state index contributed by atoms with van der Waals surface area (Å²) in [6.07, 6.45) is 5.13. The average molecular weight is 1060 g/mol. The number of rotatable bonds is 32. The molecule has 10 N–H and O–H groups in total. The van der Waals surface area contributed by atoms with Crippen LogP contribution in [-0.2, 0) is 63.5 Å². The molecule has 3 aromatic heterocycles. The number of nitrogens with two attached hydrogens (primary N) is 1. The Morgan fingerprint density at radius 2 is 1.61 bits per heavy atom. The summed E-state index contributed by atoms with van der Waals surface area (Å²) in [5.41, 5.74) is 5.51. The molecule has 69 heavy (non-hydrogen) atoms. The Hall–Kier alpha value is -3.16. The molecular formula is C40H66N7O18P3S. The molecule has 29 heteroatoms. The van der Waals surface area contributed by atoms with Crippen molar-refractivity contribution in [2.75, 3.05) is 37.8 Å². The zero-order valence-electron chi connectivity index (χ0n) is 39.0. The molecular weight excluding hydrogens is 991 g/mol. The Kier molecular flexibility index (Phi) is 22.9. The lowest BCUT2D eigenvalue weighted by molar-refractivity contribution is -0.137. The maximum absolute atomic E-state index is 12.8. The Bertz CT molecular complexity index is 2300. The number of carbonyl (C=O) groups is 3. The standard InChI is InChI=1S/C40H66N7O18P3S/c1-5-6-11-14-27-21-26(2)28(62-27)15-12-9-7-8-10-13-16-31(49)69-20-19-42-30(48)17-18-43-38(52)35(51)40(3,4)23-61-68(58,59)65-67(56,57)60-22-29-34(64-66(53,54)55)33(50)39(63-29)47-25-46-32-36(41)44-24-45-37(32)47/h21,24-25,29,33-35,39,50-51H,5-20,22-23H2,1-4H3,(H,42,48)(H,43,52)(H,56,57)(H,58,59)(H2,41,44,45)(H2,53,54,55). The van der Waals surface area contributed by atoms with Crippen LogP contribution in [-0.4, -0.2) is 123 Å². The molecule has 1 aliphatic rings. The summed E-state index contributed by atoms with van der Waals surface area (Å²) in [6, 6.07) is 2.17. The van der Waals surface area contributed by atoms with Crippen molar-refractivity contribution in [2.45, 2.75) is 142 Å². The van der Waals surface area contributed by atoms with Crippen molar-refractivity contribution in [1.82, 2.24) is 30.2 Å². The van der Waals surface area contributed by atoms with Crippen molar-refractivity contribution < 1.29 is 84.9 Å². The summed E-state index contributed by atoms with van der Waals surface area (Å²) >= 11 is 1.14. The van der Waals surface area contributed by atoms with E-state index in [2.05, 4.69) is 54.3 Å². The number of fused-ring (bicyclic) bond motifs is 1. The number of aliphatic hydroxyl groups is 2. The summed E-state index contributed by atoms with van der Waals surface area (Å²) in [6.45, 7) is 4.83. The number of furan rings is 1. The van der Waals surface area contributed by atoms with Gasteiger partial charge in [-0.1, -0.05) is 71.1 Å². The van der Waals surface area contributed by atoms with Gasteiger partial charge in [0.15, 0.2) is 22.8 Å². The van der Waals surface area contributed by atoms with Gasteiger partial charge >= 0.3 is 23.5 Å². The Morgan fingerprint density at radius 3 is 2.32 bits per heavy atom. The van der Waals surface area contributed by atoms with E-state index in [0.717, 1.165) is 98.3 Å². The number of aromatic nitrogens is 4. The van der Waals surface area contributed by atoms with Crippen LogP contribution in [0.4, 0.5) is 5.82 Å². The number of unbranched alkanes of at least 4 members (excludes halogenated alkanes) is 7. The van der Waals surface area contributed by atoms with Crippen molar-refractivity contribution >= 4 is 69.1 Å². The minimum Gasteiger partial charge on any atom is -0.466 e. The van der Waals surface area contributed by atoms with E-state index < -0.39 is 84.6 Å². The molecule has 4 heterocycles. The van der Waals surface area contributed by atoms with Gasteiger partial charge < -0.3 is 55.3 Å². The van der Waals surface area contributed by atoms with E-state index in [1.807, 2.05) is 0 Å². The van der Waals surface area contributed by atoms with Crippen LogP contribution in [0.3, 0.4) is 0 Å². The zero-order valence-corrected chi connectivity index (χ0v) is 42.5. The number of nitrogen functional groups attached to an aromatic ring is 1. The number of anilines is 1. The van der Waals surface area contributed by atoms with E-state index in [-0.39, 0.29) is 41.6 Å². The van der Waals surface area contributed by atoms with Crippen LogP contribution in [0.5, 0.6) is 0 Å². The number of aliphatic hydroxyl groups excluding tert-OH is 2. The molecule has 0 aromatic carbocycles. The van der Waals surface area contributed by atoms with Crippen LogP contribution >= 0.6 is 35.2 Å². The second-order valence-corrected chi connectivity index (χ2v) is 22.6. The van der Waals surface area contributed by atoms with Gasteiger partial charge in [0.25, 0.3) is 0 Å². The van der Waals surface area contributed by atoms with E-state index in [0.29, 0.717) is 12.2 Å². The molecule has 7 atom stereocenters. The van der Waals surface area contributed by atoms with Gasteiger partial charge in [0.1, 0.15) is 47.8 Å². The molecule has 0 radical (unpaired) electrons. The molecule has 1 aliphatic heterocycles. The molecule has 25 nitrogen and oxygen atoms in total. The van der Waals surface area contributed by atoms with Crippen molar-refractivity contribution in [3.63, 3.8) is 0 Å². The highest BCUT2D eigenvalue weighted by Gasteiger charge is 2.50. The van der Waals surface area contributed by atoms with E-state index in [1.54, 1.807) is 0 Å². The number of thioether (sulfide) groups is 1. The maximum Gasteiger partial charge on any atom is 0.481 e. The molecule has 4 rings (SSSR count). The Labute approximate surface area is 403 Å². The number of aryl methyl sites for hydroxylation is 3. The van der Waals surface area contributed by atoms with Gasteiger partial charge in [0.2, 0.25) is 11.8 Å². The van der Waals surface area contributed by atoms with Gasteiger partial charge in [-0.25, -0.2) is 28.6 Å². The predicted octanol–water partition coefficient (Wildman–Crippen LogP) is 4.27. The number of hydrogen-bond donors (Lipinski definition) is 9. The van der Waals surface area contributed by atoms with Gasteiger partial charge in [-0.05, 0) is 37.8 Å². The van der Waals surface area contributed by atoms with Gasteiger partial charge in [-0.15, -0.1) is 0 Å². The SMILES string of the molecule is CCCCCc1cc(C)c(CCCCCCCCC(=O)SCCNC(=O)CCNC(=O)C(O)C(C)(C)COP(=O)(O)OP(=O)(O)OCC2OC(n3cnc4c(N)ncnc43)C(O)C2OP(=O)(O)O)o1. The number of phosphoric ester groups is 3. The van der Waals surface area contributed by atoms with E-state index >= 15 is 0 Å². The fourth-order valence-electron chi connectivity index (χ4n) is 7.14. The lowest BCUT2D eigenvalue weighted by Gasteiger charge is -2.30. The highest BCUT2D eigenvalue weighted by Crippen LogP contribution is 2.61. The van der Waals surface area contributed by atoms with Crippen LogP contribution in [0.2, 0.25) is 0 Å². The van der Waals surface area contributed by atoms with Crippen LogP contribution in [0.15, 0.2) is 23.1 Å². The van der Waals surface area contributed by atoms with Crippen molar-refractivity contribution in [3.8, 4) is 0 Å². The second kappa shape index (κ2) is 27.0. The average Bonchev–Trinajstić information content (AvgIpc) is 3.95. The lowest BCUT2D eigenvalue weighted by atomic mass is 9.87. The Morgan fingerprint density at radius 1 is 0.928 bits per heavy atom. The number of nitrogens with one attached hydrogen (secondary N) is 2. The number of hydrogen-bond acceptors (Lipinski definition) is 19. The number of imidazole rings is 1. The topological polar surface area (TPSA) is 377 Å². The number of ether oxygens (including phenoxy) is 1. The molecule has 3 aromatic rings. The molecule has 0 saturated carbocycles. The molecule has 0 aliphatic carbocycles. The third kappa shape index (κ3) is 19.4. The highest BCUT2D eigenvalue weighted by atomic mass is 32.2. The Balaban J connectivity index is 1.08. The van der Waals surface area contributed by atoms with Gasteiger partial charge in [-0.2, -0.15) is 4.31 Å². The number of phosphoric acid groups is 3. The molecule has 0 spiro atoms. The summed E-state index contributed by atoms with van der Waals surface area (Å²) in [5.74, 6) is 1.12. The fourth-order valence-corrected chi connectivity index (χ4v) is 10.7. The zero-order chi connectivity index (χ0) is 51.0. The van der Waals surface area contributed by atoms with Crippen LogP contribution < -0.4 is 16.4 Å². The largest absolute Gasteiger partial charge is 0.481 e. The number of amides is 2. The van der Waals surface area contributed by atoms with Gasteiger partial charge in [0.05, 0.1) is 19.5 Å². The van der Waals surface area contributed by atoms with Gasteiger partial charge in [0, 0.05) is 49.9 Å². The van der Waals surface area contributed by atoms with Crippen LogP contribution in [0, 0.1) is 12.3 Å². The van der Waals surface area contributed by atoms with E-state index in [9.17, 15) is 57.9 Å². The first-order valence-corrected chi connectivity index (χ1v) is 28.1. The van der Waals surface area contributed by atoms with E-state index in [4.69, 9.17) is 23.9 Å². The minimum absolute atomic E-state index is 0.0313. The normalized spacial score (nSPS) is 19.9. The highest BCUT2D eigenvalue weighted by molar-refractivity contribution is 8.13. The van der Waals surface area contributed by atoms with Gasteiger partial charge in [-0.3, -0.25) is 32.5 Å². The van der Waals surface area contributed by atoms with E-state index in [1.165, 1.54) is 32.3 Å². The number of carbonyl (C=O) groups excluding carboxylic acids is 3.